The smallest absolute Gasteiger partial charge is 0.116 e. The van der Waals surface area contributed by atoms with E-state index in [1.165, 1.54) is 5.56 Å². The van der Waals surface area contributed by atoms with Gasteiger partial charge in [-0.3, -0.25) is 0 Å². The second kappa shape index (κ2) is 6.90. The molecule has 0 aliphatic carbocycles. The molecule has 0 aliphatic rings. The summed E-state index contributed by atoms with van der Waals surface area (Å²) < 4.78 is 0. The molecular weight excluding hydrogens is 258 g/mol. The summed E-state index contributed by atoms with van der Waals surface area (Å²) in [6.07, 6.45) is 4.05. The van der Waals surface area contributed by atoms with Crippen molar-refractivity contribution in [2.24, 2.45) is 0 Å². The summed E-state index contributed by atoms with van der Waals surface area (Å²) in [7, 11) is 0. The van der Waals surface area contributed by atoms with Crippen LogP contribution in [0, 0.1) is 0 Å². The van der Waals surface area contributed by atoms with Crippen LogP contribution >= 0.6 is 0 Å². The molecule has 0 amide bonds. The van der Waals surface area contributed by atoms with Gasteiger partial charge in [0.2, 0.25) is 0 Å². The van der Waals surface area contributed by atoms with Crippen molar-refractivity contribution in [1.82, 2.24) is 15.3 Å². The zero-order valence-electron chi connectivity index (χ0n) is 13.6. The monoisotopic (exact) mass is 285 g/mol. The molecule has 0 atom stereocenters. The van der Waals surface area contributed by atoms with Crippen molar-refractivity contribution >= 4 is 0 Å². The van der Waals surface area contributed by atoms with E-state index >= 15 is 0 Å². The third-order valence-corrected chi connectivity index (χ3v) is 4.32. The summed E-state index contributed by atoms with van der Waals surface area (Å²) in [6.45, 7) is 9.63. The minimum absolute atomic E-state index is 0.0165. The summed E-state index contributed by atoms with van der Waals surface area (Å²) in [5.41, 5.74) is 2.48. The van der Waals surface area contributed by atoms with E-state index in [4.69, 9.17) is 0 Å². The zero-order valence-corrected chi connectivity index (χ0v) is 13.6. The number of aromatic amines is 1. The van der Waals surface area contributed by atoms with Crippen LogP contribution in [0.15, 0.2) is 36.5 Å². The number of hydrogen-bond donors (Lipinski definition) is 2. The van der Waals surface area contributed by atoms with Gasteiger partial charge in [-0.25, -0.2) is 4.98 Å². The Kier molecular flexibility index (Phi) is 5.18. The predicted molar refractivity (Wildman–Crippen MR) is 88.4 cm³/mol. The summed E-state index contributed by atoms with van der Waals surface area (Å²) in [6, 6.07) is 11.2. The predicted octanol–water partition coefficient (Wildman–Crippen LogP) is 4.01. The number of imidazole rings is 1. The van der Waals surface area contributed by atoms with Crippen LogP contribution in [-0.4, -0.2) is 16.0 Å². The third kappa shape index (κ3) is 3.35. The van der Waals surface area contributed by atoms with Crippen molar-refractivity contribution in [3.8, 4) is 0 Å². The minimum Gasteiger partial charge on any atom is -0.344 e. The fraction of sp³-hybridized carbons (Fsp3) is 0.500. The highest BCUT2D eigenvalue weighted by Gasteiger charge is 2.33. The second-order valence-corrected chi connectivity index (χ2v) is 5.95. The van der Waals surface area contributed by atoms with Crippen molar-refractivity contribution in [3.05, 3.63) is 53.6 Å². The van der Waals surface area contributed by atoms with Crippen LogP contribution in [0.3, 0.4) is 0 Å². The maximum absolute atomic E-state index is 4.69. The van der Waals surface area contributed by atoms with Crippen molar-refractivity contribution < 1.29 is 0 Å². The summed E-state index contributed by atoms with van der Waals surface area (Å²) in [5, 5.41) is 3.43. The first kappa shape index (κ1) is 15.8. The van der Waals surface area contributed by atoms with Crippen LogP contribution in [-0.2, 0) is 12.0 Å². The number of rotatable bonds is 7. The van der Waals surface area contributed by atoms with Crippen LogP contribution in [0.2, 0.25) is 0 Å². The van der Waals surface area contributed by atoms with Gasteiger partial charge in [0.1, 0.15) is 5.82 Å². The Bertz CT molecular complexity index is 539. The van der Waals surface area contributed by atoms with Crippen molar-refractivity contribution in [3.63, 3.8) is 0 Å². The minimum atomic E-state index is -0.0165. The molecule has 1 aromatic carbocycles. The maximum atomic E-state index is 4.69. The molecule has 0 fully saturated rings. The van der Waals surface area contributed by atoms with E-state index in [1.54, 1.807) is 0 Å². The van der Waals surface area contributed by atoms with Gasteiger partial charge in [0.05, 0.1) is 5.41 Å². The van der Waals surface area contributed by atoms with Gasteiger partial charge in [-0.15, -0.1) is 0 Å². The Morgan fingerprint density at radius 3 is 2.38 bits per heavy atom. The fourth-order valence-electron chi connectivity index (χ4n) is 2.89. The van der Waals surface area contributed by atoms with Crippen LogP contribution in [0.25, 0.3) is 0 Å². The van der Waals surface area contributed by atoms with Gasteiger partial charge in [-0.05, 0) is 18.4 Å². The lowest BCUT2D eigenvalue weighted by molar-refractivity contribution is 0.452. The molecule has 0 saturated heterocycles. The Labute approximate surface area is 128 Å². The first-order valence-electron chi connectivity index (χ1n) is 7.95. The molecule has 1 heterocycles. The molecule has 114 valence electrons. The first-order chi connectivity index (χ1) is 10.1. The van der Waals surface area contributed by atoms with E-state index in [9.17, 15) is 0 Å². The van der Waals surface area contributed by atoms with Crippen LogP contribution in [0.1, 0.15) is 57.6 Å². The number of hydrogen-bond acceptors (Lipinski definition) is 2. The van der Waals surface area contributed by atoms with Crippen molar-refractivity contribution in [2.45, 2.75) is 58.5 Å². The van der Waals surface area contributed by atoms with Gasteiger partial charge in [0.15, 0.2) is 0 Å². The van der Waals surface area contributed by atoms with E-state index in [0.717, 1.165) is 30.9 Å². The van der Waals surface area contributed by atoms with E-state index in [2.05, 4.69) is 73.3 Å². The van der Waals surface area contributed by atoms with E-state index in [1.807, 2.05) is 6.20 Å². The molecule has 3 nitrogen and oxygen atoms in total. The Morgan fingerprint density at radius 2 is 1.81 bits per heavy atom. The summed E-state index contributed by atoms with van der Waals surface area (Å²) in [4.78, 5) is 8.23. The third-order valence-electron chi connectivity index (χ3n) is 4.32. The molecule has 0 aliphatic heterocycles. The van der Waals surface area contributed by atoms with Gasteiger partial charge < -0.3 is 10.3 Å². The lowest BCUT2D eigenvalue weighted by atomic mass is 9.75. The maximum Gasteiger partial charge on any atom is 0.116 e. The molecule has 0 bridgehead atoms. The molecule has 21 heavy (non-hydrogen) atoms. The fourth-order valence-corrected chi connectivity index (χ4v) is 2.89. The molecule has 0 spiro atoms. The summed E-state index contributed by atoms with van der Waals surface area (Å²) in [5.74, 6) is 1.08. The average Bonchev–Trinajstić information content (AvgIpc) is 2.98. The molecule has 2 N–H and O–H groups in total. The topological polar surface area (TPSA) is 40.7 Å². The molecule has 0 radical (unpaired) electrons. The Morgan fingerprint density at radius 1 is 1.14 bits per heavy atom. The van der Waals surface area contributed by atoms with Crippen LogP contribution in [0.5, 0.6) is 0 Å². The number of aromatic nitrogens is 2. The molecule has 1 aromatic heterocycles. The first-order valence-corrected chi connectivity index (χ1v) is 7.95. The van der Waals surface area contributed by atoms with Gasteiger partial charge in [0.25, 0.3) is 0 Å². The lowest BCUT2D eigenvalue weighted by Gasteiger charge is -2.30. The molecular formula is C18H27N3. The van der Waals surface area contributed by atoms with Crippen molar-refractivity contribution in [1.29, 1.82) is 0 Å². The number of nitrogens with one attached hydrogen (secondary N) is 2. The second-order valence-electron chi connectivity index (χ2n) is 5.95. The molecule has 2 aromatic rings. The Balaban J connectivity index is 2.31. The SMILES string of the molecule is CCC(CC)(c1ccccc1)c1ncc(CNC(C)C)[nH]1. The van der Waals surface area contributed by atoms with Crippen LogP contribution in [0.4, 0.5) is 0 Å². The van der Waals surface area contributed by atoms with Crippen LogP contribution < -0.4 is 5.32 Å². The highest BCUT2D eigenvalue weighted by atomic mass is 15.0. The lowest BCUT2D eigenvalue weighted by Crippen LogP contribution is -2.28. The van der Waals surface area contributed by atoms with E-state index in [0.29, 0.717) is 6.04 Å². The number of H-pyrrole nitrogens is 1. The largest absolute Gasteiger partial charge is 0.344 e. The standard InChI is InChI=1S/C18H27N3/c1-5-18(6-2,15-10-8-7-9-11-15)17-20-13-16(21-17)12-19-14(3)4/h7-11,13-14,19H,5-6,12H2,1-4H3,(H,20,21). The summed E-state index contributed by atoms with van der Waals surface area (Å²) >= 11 is 0. The highest BCUT2D eigenvalue weighted by Crippen LogP contribution is 2.36. The highest BCUT2D eigenvalue weighted by molar-refractivity contribution is 5.33. The van der Waals surface area contributed by atoms with E-state index < -0.39 is 0 Å². The van der Waals surface area contributed by atoms with Gasteiger partial charge >= 0.3 is 0 Å². The van der Waals surface area contributed by atoms with Gasteiger partial charge in [-0.2, -0.15) is 0 Å². The van der Waals surface area contributed by atoms with E-state index in [-0.39, 0.29) is 5.41 Å². The molecule has 2 rings (SSSR count). The zero-order chi connectivity index (χ0) is 15.3. The normalized spacial score (nSPS) is 12.0. The quantitative estimate of drug-likeness (QED) is 0.807. The molecule has 0 saturated carbocycles. The van der Waals surface area contributed by atoms with Gasteiger partial charge in [-0.1, -0.05) is 58.0 Å². The molecule has 3 heteroatoms. The molecule has 0 unspecified atom stereocenters. The van der Waals surface area contributed by atoms with Crippen molar-refractivity contribution in [2.75, 3.05) is 0 Å². The number of benzene rings is 1. The Hall–Kier alpha value is -1.61. The van der Waals surface area contributed by atoms with Gasteiger partial charge in [0, 0.05) is 24.5 Å². The number of nitrogens with zero attached hydrogens (tertiary/aromatic N) is 1. The average molecular weight is 285 g/mol.